The number of pyridine rings is 1. The van der Waals surface area contributed by atoms with E-state index in [1.807, 2.05) is 34.5 Å². The van der Waals surface area contributed by atoms with E-state index in [0.717, 1.165) is 36.6 Å². The van der Waals surface area contributed by atoms with Crippen molar-refractivity contribution in [3.63, 3.8) is 0 Å². The fourth-order valence-electron chi connectivity index (χ4n) is 4.45. The molecule has 0 fully saturated rings. The Morgan fingerprint density at radius 1 is 1.03 bits per heavy atom. The number of hydrogen-bond donors (Lipinski definition) is 0. The number of fused-ring (bicyclic) bond motifs is 1. The van der Waals surface area contributed by atoms with Crippen LogP contribution in [0.15, 0.2) is 48.9 Å². The van der Waals surface area contributed by atoms with Crippen molar-refractivity contribution in [2.45, 2.75) is 58.4 Å². The quantitative estimate of drug-likeness (QED) is 0.441. The van der Waals surface area contributed by atoms with Gasteiger partial charge >= 0.3 is 0 Å². The van der Waals surface area contributed by atoms with Crippen molar-refractivity contribution < 1.29 is 4.74 Å². The van der Waals surface area contributed by atoms with Gasteiger partial charge in [0.15, 0.2) is 5.82 Å². The summed E-state index contributed by atoms with van der Waals surface area (Å²) >= 11 is 0. The number of aromatic nitrogens is 6. The SMILES string of the molecule is COc1nc(-c2nc3n(n2)CCC[C@@H]3c2ccc(C(C)(C)C)cc2)ccc1-n1cnc(C)c1. The van der Waals surface area contributed by atoms with Gasteiger partial charge in [-0.2, -0.15) is 0 Å². The second kappa shape index (κ2) is 8.14. The topological polar surface area (TPSA) is 70.7 Å². The lowest BCUT2D eigenvalue weighted by atomic mass is 9.84. The maximum atomic E-state index is 5.58. The first-order chi connectivity index (χ1) is 15.8. The van der Waals surface area contributed by atoms with Gasteiger partial charge in [-0.15, -0.1) is 5.10 Å². The van der Waals surface area contributed by atoms with Crippen LogP contribution >= 0.6 is 0 Å². The van der Waals surface area contributed by atoms with Gasteiger partial charge in [0.05, 0.1) is 19.1 Å². The third kappa shape index (κ3) is 4.03. The highest BCUT2D eigenvalue weighted by Crippen LogP contribution is 2.35. The Balaban J connectivity index is 1.48. The first-order valence-electron chi connectivity index (χ1n) is 11.4. The van der Waals surface area contributed by atoms with Crippen LogP contribution in [-0.4, -0.2) is 36.4 Å². The lowest BCUT2D eigenvalue weighted by Crippen LogP contribution is -2.18. The van der Waals surface area contributed by atoms with Crippen LogP contribution in [0.3, 0.4) is 0 Å². The Morgan fingerprint density at radius 3 is 2.48 bits per heavy atom. The molecule has 5 rings (SSSR count). The average molecular weight is 443 g/mol. The van der Waals surface area contributed by atoms with E-state index >= 15 is 0 Å². The summed E-state index contributed by atoms with van der Waals surface area (Å²) in [5.74, 6) is 2.40. The van der Waals surface area contributed by atoms with Crippen molar-refractivity contribution in [3.8, 4) is 23.1 Å². The van der Waals surface area contributed by atoms with E-state index in [1.54, 1.807) is 13.4 Å². The monoisotopic (exact) mass is 442 g/mol. The van der Waals surface area contributed by atoms with Crippen molar-refractivity contribution in [2.75, 3.05) is 7.11 Å². The van der Waals surface area contributed by atoms with Crippen molar-refractivity contribution in [1.82, 2.24) is 29.3 Å². The molecule has 0 saturated carbocycles. The fourth-order valence-corrected chi connectivity index (χ4v) is 4.45. The molecule has 4 aromatic rings. The molecule has 0 amide bonds. The molecule has 7 heteroatoms. The molecule has 1 aliphatic heterocycles. The molecule has 0 spiro atoms. The molecule has 0 aliphatic carbocycles. The third-order valence-corrected chi connectivity index (χ3v) is 6.31. The maximum Gasteiger partial charge on any atom is 0.238 e. The van der Waals surface area contributed by atoms with Crippen LogP contribution in [0.2, 0.25) is 0 Å². The molecule has 0 bridgehead atoms. The minimum atomic E-state index is 0.143. The molecule has 7 nitrogen and oxygen atoms in total. The lowest BCUT2D eigenvalue weighted by molar-refractivity contribution is 0.396. The second-order valence-corrected chi connectivity index (χ2v) is 9.73. The summed E-state index contributed by atoms with van der Waals surface area (Å²) in [6, 6.07) is 12.9. The molecule has 1 aromatic carbocycles. The van der Waals surface area contributed by atoms with Gasteiger partial charge in [-0.25, -0.2) is 19.6 Å². The molecule has 33 heavy (non-hydrogen) atoms. The van der Waals surface area contributed by atoms with Crippen LogP contribution in [0, 0.1) is 6.92 Å². The van der Waals surface area contributed by atoms with Crippen LogP contribution in [-0.2, 0) is 12.0 Å². The first kappa shape index (κ1) is 21.4. The minimum Gasteiger partial charge on any atom is -0.479 e. The fraction of sp³-hybridized carbons (Fsp3) is 0.385. The minimum absolute atomic E-state index is 0.143. The number of aryl methyl sites for hydroxylation is 2. The van der Waals surface area contributed by atoms with Gasteiger partial charge in [0, 0.05) is 18.7 Å². The molecule has 1 aliphatic rings. The van der Waals surface area contributed by atoms with Gasteiger partial charge in [0.2, 0.25) is 5.88 Å². The summed E-state index contributed by atoms with van der Waals surface area (Å²) in [6.45, 7) is 9.56. The number of methoxy groups -OCH3 is 1. The van der Waals surface area contributed by atoms with Crippen molar-refractivity contribution in [3.05, 3.63) is 71.6 Å². The Kier molecular flexibility index (Phi) is 5.27. The predicted octanol–water partition coefficient (Wildman–Crippen LogP) is 5.07. The summed E-state index contributed by atoms with van der Waals surface area (Å²) < 4.78 is 9.53. The van der Waals surface area contributed by atoms with Gasteiger partial charge < -0.3 is 9.30 Å². The Bertz CT molecular complexity index is 1280. The molecule has 3 aromatic heterocycles. The van der Waals surface area contributed by atoms with Crippen LogP contribution in [0.25, 0.3) is 17.2 Å². The zero-order chi connectivity index (χ0) is 23.2. The average Bonchev–Trinajstić information content (AvgIpc) is 3.44. The normalized spacial score (nSPS) is 16.0. The van der Waals surface area contributed by atoms with Crippen LogP contribution in [0.4, 0.5) is 0 Å². The zero-order valence-electron chi connectivity index (χ0n) is 19.9. The molecule has 0 unspecified atom stereocenters. The van der Waals surface area contributed by atoms with E-state index in [-0.39, 0.29) is 11.3 Å². The molecular weight excluding hydrogens is 412 g/mol. The number of hydrogen-bond acceptors (Lipinski definition) is 5. The standard InChI is InChI=1S/C26H30N6O/c1-17-15-31(16-27-17)22-13-12-21(28-25(22)33-5)23-29-24-20(7-6-14-32(24)30-23)18-8-10-19(11-9-18)26(2,3)4/h8-13,15-16,20H,6-7,14H2,1-5H3/t20-/m1/s1. The Labute approximate surface area is 194 Å². The second-order valence-electron chi connectivity index (χ2n) is 9.73. The zero-order valence-corrected chi connectivity index (χ0v) is 19.9. The summed E-state index contributed by atoms with van der Waals surface area (Å²) in [5, 5.41) is 4.80. The maximum absolute atomic E-state index is 5.58. The van der Waals surface area contributed by atoms with E-state index in [0.29, 0.717) is 17.4 Å². The van der Waals surface area contributed by atoms with Gasteiger partial charge in [0.25, 0.3) is 0 Å². The summed E-state index contributed by atoms with van der Waals surface area (Å²) in [5.41, 5.74) is 5.25. The van der Waals surface area contributed by atoms with Gasteiger partial charge in [-0.1, -0.05) is 45.0 Å². The van der Waals surface area contributed by atoms with E-state index < -0.39 is 0 Å². The molecule has 170 valence electrons. The summed E-state index contributed by atoms with van der Waals surface area (Å²) in [6.07, 6.45) is 5.86. The number of ether oxygens (including phenoxy) is 1. The highest BCUT2D eigenvalue weighted by atomic mass is 16.5. The molecule has 1 atom stereocenters. The largest absolute Gasteiger partial charge is 0.479 e. The van der Waals surface area contributed by atoms with Gasteiger partial charge in [-0.05, 0) is 48.4 Å². The van der Waals surface area contributed by atoms with Crippen molar-refractivity contribution in [1.29, 1.82) is 0 Å². The third-order valence-electron chi connectivity index (χ3n) is 6.31. The summed E-state index contributed by atoms with van der Waals surface area (Å²) in [4.78, 5) is 14.0. The summed E-state index contributed by atoms with van der Waals surface area (Å²) in [7, 11) is 1.63. The smallest absolute Gasteiger partial charge is 0.238 e. The number of rotatable bonds is 4. The number of benzene rings is 1. The van der Waals surface area contributed by atoms with E-state index in [4.69, 9.17) is 19.8 Å². The first-order valence-corrected chi connectivity index (χ1v) is 11.4. The van der Waals surface area contributed by atoms with E-state index in [9.17, 15) is 0 Å². The number of imidazole rings is 1. The van der Waals surface area contributed by atoms with Crippen LogP contribution < -0.4 is 4.74 Å². The van der Waals surface area contributed by atoms with Gasteiger partial charge in [-0.3, -0.25) is 0 Å². The predicted molar refractivity (Wildman–Crippen MR) is 128 cm³/mol. The molecular formula is C26H30N6O. The molecule has 4 heterocycles. The molecule has 0 radical (unpaired) electrons. The lowest BCUT2D eigenvalue weighted by Gasteiger charge is -2.24. The van der Waals surface area contributed by atoms with Crippen LogP contribution in [0.1, 0.15) is 62.2 Å². The molecule has 0 saturated heterocycles. The highest BCUT2D eigenvalue weighted by molar-refractivity contribution is 5.55. The number of nitrogens with zero attached hydrogens (tertiary/aromatic N) is 6. The Morgan fingerprint density at radius 2 is 1.82 bits per heavy atom. The van der Waals surface area contributed by atoms with E-state index in [1.165, 1.54) is 11.1 Å². The van der Waals surface area contributed by atoms with E-state index in [2.05, 4.69) is 50.0 Å². The molecule has 0 N–H and O–H groups in total. The van der Waals surface area contributed by atoms with Crippen molar-refractivity contribution in [2.24, 2.45) is 0 Å². The highest BCUT2D eigenvalue weighted by Gasteiger charge is 2.27. The Hall–Kier alpha value is -3.48. The van der Waals surface area contributed by atoms with Crippen molar-refractivity contribution >= 4 is 0 Å². The van der Waals surface area contributed by atoms with Crippen LogP contribution in [0.5, 0.6) is 5.88 Å². The van der Waals surface area contributed by atoms with Gasteiger partial charge in [0.1, 0.15) is 17.2 Å².